The molecule has 1 aliphatic rings. The van der Waals surface area contributed by atoms with Crippen LogP contribution in [0.3, 0.4) is 0 Å². The van der Waals surface area contributed by atoms with Crippen molar-refractivity contribution in [3.63, 3.8) is 0 Å². The number of carbonyl (C=O) groups is 1. The quantitative estimate of drug-likeness (QED) is 0.693. The van der Waals surface area contributed by atoms with Gasteiger partial charge < -0.3 is 15.1 Å². The molecule has 0 bridgehead atoms. The summed E-state index contributed by atoms with van der Waals surface area (Å²) in [7, 11) is 2.09. The van der Waals surface area contributed by atoms with Gasteiger partial charge in [-0.2, -0.15) is 5.26 Å². The molecule has 0 saturated carbocycles. The van der Waals surface area contributed by atoms with Crippen LogP contribution in [0.2, 0.25) is 0 Å². The molecule has 2 heterocycles. The second kappa shape index (κ2) is 10.2. The van der Waals surface area contributed by atoms with Crippen molar-refractivity contribution in [3.8, 4) is 6.07 Å². The first-order valence-corrected chi connectivity index (χ1v) is 10.5. The van der Waals surface area contributed by atoms with Crippen molar-refractivity contribution in [3.05, 3.63) is 30.0 Å². The van der Waals surface area contributed by atoms with E-state index in [0.29, 0.717) is 23.6 Å². The lowest BCUT2D eigenvalue weighted by molar-refractivity contribution is -0.121. The van der Waals surface area contributed by atoms with E-state index in [1.165, 1.54) is 0 Å². The highest BCUT2D eigenvalue weighted by Crippen LogP contribution is 2.28. The number of hydrogen-bond donors (Lipinski definition) is 1. The number of nitrogens with zero attached hydrogens (tertiary/aromatic N) is 5. The third kappa shape index (κ3) is 5.21. The Kier molecular flexibility index (Phi) is 7.36. The zero-order valence-electron chi connectivity index (χ0n) is 17.4. The van der Waals surface area contributed by atoms with E-state index in [4.69, 9.17) is 9.97 Å². The predicted molar refractivity (Wildman–Crippen MR) is 115 cm³/mol. The summed E-state index contributed by atoms with van der Waals surface area (Å²) >= 11 is 0. The molecule has 1 amide bonds. The third-order valence-corrected chi connectivity index (χ3v) is 5.38. The van der Waals surface area contributed by atoms with Gasteiger partial charge in [0, 0.05) is 32.7 Å². The fourth-order valence-corrected chi connectivity index (χ4v) is 3.56. The molecule has 1 unspecified atom stereocenters. The van der Waals surface area contributed by atoms with E-state index < -0.39 is 5.92 Å². The van der Waals surface area contributed by atoms with Crippen LogP contribution < -0.4 is 10.2 Å². The van der Waals surface area contributed by atoms with Gasteiger partial charge in [0.25, 0.3) is 0 Å². The van der Waals surface area contributed by atoms with E-state index in [1.54, 1.807) is 0 Å². The average Bonchev–Trinajstić information content (AvgIpc) is 2.74. The van der Waals surface area contributed by atoms with Crippen LogP contribution in [-0.4, -0.2) is 60.5 Å². The van der Waals surface area contributed by atoms with Gasteiger partial charge >= 0.3 is 0 Å². The highest BCUT2D eigenvalue weighted by Gasteiger charge is 2.29. The molecule has 7 heteroatoms. The number of rotatable bonds is 8. The van der Waals surface area contributed by atoms with Gasteiger partial charge in [0.05, 0.1) is 17.1 Å². The number of likely N-dealkylation sites (N-methyl/N-ethyl adjacent to an activating group) is 1. The van der Waals surface area contributed by atoms with Gasteiger partial charge in [-0.3, -0.25) is 4.79 Å². The van der Waals surface area contributed by atoms with E-state index in [0.717, 1.165) is 57.4 Å². The lowest BCUT2D eigenvalue weighted by atomic mass is 10.0. The fraction of sp³-hybridized carbons (Fsp3) is 0.545. The minimum absolute atomic E-state index is 0.288. The van der Waals surface area contributed by atoms with Crippen molar-refractivity contribution >= 4 is 22.8 Å². The molecule has 1 aromatic carbocycles. The molecule has 7 nitrogen and oxygen atoms in total. The topological polar surface area (TPSA) is 85.1 Å². The summed E-state index contributed by atoms with van der Waals surface area (Å²) in [5.41, 5.74) is 1.94. The number of para-hydroxylation sites is 2. The molecule has 154 valence electrons. The maximum absolute atomic E-state index is 12.8. The number of piperazine rings is 1. The Bertz CT molecular complexity index is 869. The van der Waals surface area contributed by atoms with E-state index in [-0.39, 0.29) is 5.91 Å². The lowest BCUT2D eigenvalue weighted by Gasteiger charge is -2.34. The van der Waals surface area contributed by atoms with Crippen LogP contribution in [0.1, 0.15) is 44.2 Å². The van der Waals surface area contributed by atoms with Crippen LogP contribution in [0.4, 0.5) is 5.82 Å². The summed E-state index contributed by atoms with van der Waals surface area (Å²) in [5, 5.41) is 12.7. The number of fused-ring (bicyclic) bond motifs is 1. The number of anilines is 1. The van der Waals surface area contributed by atoms with E-state index >= 15 is 0 Å². The highest BCUT2D eigenvalue weighted by molar-refractivity contribution is 5.88. The summed E-state index contributed by atoms with van der Waals surface area (Å²) in [4.78, 5) is 26.7. The Morgan fingerprint density at radius 1 is 1.14 bits per heavy atom. The number of aromatic nitrogens is 2. The van der Waals surface area contributed by atoms with Crippen LogP contribution in [0.15, 0.2) is 24.3 Å². The zero-order valence-corrected chi connectivity index (χ0v) is 17.4. The molecular weight excluding hydrogens is 364 g/mol. The van der Waals surface area contributed by atoms with Gasteiger partial charge in [-0.25, -0.2) is 9.97 Å². The van der Waals surface area contributed by atoms with Crippen LogP contribution in [0, 0.1) is 11.3 Å². The van der Waals surface area contributed by atoms with E-state index in [1.807, 2.05) is 24.3 Å². The molecule has 0 aliphatic carbocycles. The number of benzene rings is 1. The van der Waals surface area contributed by atoms with Crippen molar-refractivity contribution in [1.82, 2.24) is 20.2 Å². The third-order valence-electron chi connectivity index (χ3n) is 5.38. The Labute approximate surface area is 172 Å². The predicted octanol–water partition coefficient (Wildman–Crippen LogP) is 2.69. The molecule has 0 radical (unpaired) electrons. The number of nitrogens with one attached hydrogen (secondary N) is 1. The normalized spacial score (nSPS) is 15.8. The van der Waals surface area contributed by atoms with Crippen LogP contribution in [-0.2, 0) is 4.79 Å². The van der Waals surface area contributed by atoms with Crippen molar-refractivity contribution in [2.24, 2.45) is 0 Å². The van der Waals surface area contributed by atoms with Crippen molar-refractivity contribution in [1.29, 1.82) is 5.26 Å². The summed E-state index contributed by atoms with van der Waals surface area (Å²) in [5.74, 6) is -0.596. The van der Waals surface area contributed by atoms with E-state index in [2.05, 4.69) is 35.2 Å². The monoisotopic (exact) mass is 394 g/mol. The van der Waals surface area contributed by atoms with Crippen molar-refractivity contribution in [2.75, 3.05) is 44.7 Å². The minimum Gasteiger partial charge on any atom is -0.355 e. The van der Waals surface area contributed by atoms with Crippen LogP contribution in [0.5, 0.6) is 0 Å². The molecule has 1 saturated heterocycles. The molecule has 1 aliphatic heterocycles. The van der Waals surface area contributed by atoms with Crippen molar-refractivity contribution < 1.29 is 4.79 Å². The second-order valence-corrected chi connectivity index (χ2v) is 7.63. The minimum atomic E-state index is -0.965. The molecule has 1 N–H and O–H groups in total. The maximum atomic E-state index is 12.8. The lowest BCUT2D eigenvalue weighted by Crippen LogP contribution is -2.45. The first kappa shape index (κ1) is 21.0. The first-order chi connectivity index (χ1) is 14.1. The first-order valence-electron chi connectivity index (χ1n) is 10.5. The highest BCUT2D eigenvalue weighted by atomic mass is 16.1. The Morgan fingerprint density at radius 3 is 2.48 bits per heavy atom. The molecule has 29 heavy (non-hydrogen) atoms. The van der Waals surface area contributed by atoms with Gasteiger partial charge in [-0.1, -0.05) is 38.3 Å². The maximum Gasteiger partial charge on any atom is 0.243 e. The van der Waals surface area contributed by atoms with Gasteiger partial charge in [0.2, 0.25) is 5.91 Å². The van der Waals surface area contributed by atoms with Gasteiger partial charge in [-0.05, 0) is 25.6 Å². The number of unbranched alkanes of at least 4 members (excludes halogenated alkanes) is 3. The Morgan fingerprint density at radius 2 is 1.83 bits per heavy atom. The molecular formula is C22H30N6O. The fourth-order valence-electron chi connectivity index (χ4n) is 3.56. The number of hydrogen-bond acceptors (Lipinski definition) is 6. The number of amides is 1. The standard InChI is InChI=1S/C22H30N6O/c1-3-4-5-8-11-24-22(29)17(16-23)20-21(28-14-12-27(2)13-15-28)26-19-10-7-6-9-18(19)25-20/h6-7,9-10,17H,3-5,8,11-15H2,1-2H3,(H,24,29). The Balaban J connectivity index is 1.87. The van der Waals surface area contributed by atoms with E-state index in [9.17, 15) is 10.1 Å². The summed E-state index contributed by atoms with van der Waals surface area (Å²) < 4.78 is 0. The summed E-state index contributed by atoms with van der Waals surface area (Å²) in [6.45, 7) is 6.16. The molecule has 0 spiro atoms. The summed E-state index contributed by atoms with van der Waals surface area (Å²) in [6, 6.07) is 9.78. The molecule has 1 aromatic heterocycles. The van der Waals surface area contributed by atoms with Crippen molar-refractivity contribution in [2.45, 2.75) is 38.5 Å². The number of nitriles is 1. The molecule has 1 atom stereocenters. The van der Waals surface area contributed by atoms with Gasteiger partial charge in [0.15, 0.2) is 11.7 Å². The number of carbonyl (C=O) groups excluding carboxylic acids is 1. The Hall–Kier alpha value is -2.72. The summed E-state index contributed by atoms with van der Waals surface area (Å²) in [6.07, 6.45) is 4.31. The smallest absolute Gasteiger partial charge is 0.243 e. The van der Waals surface area contributed by atoms with Gasteiger partial charge in [-0.15, -0.1) is 0 Å². The van der Waals surface area contributed by atoms with Crippen LogP contribution in [0.25, 0.3) is 11.0 Å². The molecule has 3 rings (SSSR count). The van der Waals surface area contributed by atoms with Gasteiger partial charge in [0.1, 0.15) is 5.69 Å². The zero-order chi connectivity index (χ0) is 20.6. The largest absolute Gasteiger partial charge is 0.355 e. The SMILES string of the molecule is CCCCCCNC(=O)C(C#N)c1nc2ccccc2nc1N1CCN(C)CC1. The van der Waals surface area contributed by atoms with Crippen LogP contribution >= 0.6 is 0 Å². The second-order valence-electron chi connectivity index (χ2n) is 7.63. The average molecular weight is 395 g/mol. The molecule has 1 fully saturated rings. The molecule has 2 aromatic rings.